The number of ether oxygens (including phenoxy) is 1. The van der Waals surface area contributed by atoms with Gasteiger partial charge < -0.3 is 10.1 Å². The van der Waals surface area contributed by atoms with Crippen LogP contribution in [0.3, 0.4) is 0 Å². The molecule has 2 atom stereocenters. The third-order valence-corrected chi connectivity index (χ3v) is 5.10. The molecule has 0 saturated heterocycles. The zero-order valence-corrected chi connectivity index (χ0v) is 16.0. The SMILES string of the molecule is CC[C@@H](C)c1ccccc1NC(=O)COC(=O)c1ccccc1[S@](C)=O. The van der Waals surface area contributed by atoms with Gasteiger partial charge in [-0.15, -0.1) is 0 Å². The van der Waals surface area contributed by atoms with Gasteiger partial charge in [-0.25, -0.2) is 4.79 Å². The summed E-state index contributed by atoms with van der Waals surface area (Å²) in [6, 6.07) is 14.1. The predicted molar refractivity (Wildman–Crippen MR) is 103 cm³/mol. The molecule has 2 aromatic rings. The van der Waals surface area contributed by atoms with E-state index in [2.05, 4.69) is 19.2 Å². The number of para-hydroxylation sites is 1. The summed E-state index contributed by atoms with van der Waals surface area (Å²) in [4.78, 5) is 24.8. The van der Waals surface area contributed by atoms with Gasteiger partial charge >= 0.3 is 5.97 Å². The van der Waals surface area contributed by atoms with E-state index in [9.17, 15) is 13.8 Å². The minimum atomic E-state index is -1.32. The van der Waals surface area contributed by atoms with E-state index in [4.69, 9.17) is 4.74 Å². The van der Waals surface area contributed by atoms with Crippen molar-refractivity contribution < 1.29 is 18.5 Å². The maximum Gasteiger partial charge on any atom is 0.339 e. The lowest BCUT2D eigenvalue weighted by Crippen LogP contribution is -2.22. The molecular formula is C20H23NO4S. The highest BCUT2D eigenvalue weighted by atomic mass is 32.2. The molecule has 0 aliphatic carbocycles. The molecule has 26 heavy (non-hydrogen) atoms. The van der Waals surface area contributed by atoms with Gasteiger partial charge in [0.2, 0.25) is 0 Å². The van der Waals surface area contributed by atoms with Crippen molar-refractivity contribution in [3.8, 4) is 0 Å². The Kier molecular flexibility index (Phi) is 7.09. The number of nitrogens with one attached hydrogen (secondary N) is 1. The summed E-state index contributed by atoms with van der Waals surface area (Å²) in [6.07, 6.45) is 2.44. The van der Waals surface area contributed by atoms with Gasteiger partial charge in [-0.1, -0.05) is 44.2 Å². The monoisotopic (exact) mass is 373 g/mol. The third-order valence-electron chi connectivity index (χ3n) is 4.13. The Labute approximate surface area is 156 Å². The van der Waals surface area contributed by atoms with Crippen LogP contribution in [-0.4, -0.2) is 28.9 Å². The third kappa shape index (κ3) is 5.02. The van der Waals surface area contributed by atoms with Gasteiger partial charge in [0, 0.05) is 11.9 Å². The minimum absolute atomic E-state index is 0.209. The molecule has 0 radical (unpaired) electrons. The van der Waals surface area contributed by atoms with Gasteiger partial charge in [-0.2, -0.15) is 0 Å². The number of carbonyl (C=O) groups excluding carboxylic acids is 2. The fourth-order valence-electron chi connectivity index (χ4n) is 2.54. The molecule has 5 nitrogen and oxygen atoms in total. The van der Waals surface area contributed by atoms with Gasteiger partial charge in [-0.05, 0) is 36.1 Å². The molecule has 0 fully saturated rings. The Balaban J connectivity index is 2.02. The van der Waals surface area contributed by atoms with Gasteiger partial charge in [0.25, 0.3) is 5.91 Å². The maximum absolute atomic E-state index is 12.2. The lowest BCUT2D eigenvalue weighted by atomic mass is 9.97. The number of benzene rings is 2. The molecule has 0 aliphatic rings. The highest BCUT2D eigenvalue weighted by molar-refractivity contribution is 7.84. The van der Waals surface area contributed by atoms with Crippen LogP contribution in [-0.2, 0) is 20.3 Å². The number of anilines is 1. The van der Waals surface area contributed by atoms with E-state index in [0.29, 0.717) is 10.8 Å². The van der Waals surface area contributed by atoms with Gasteiger partial charge in [0.05, 0.1) is 21.3 Å². The summed E-state index contributed by atoms with van der Waals surface area (Å²) in [6.45, 7) is 3.77. The van der Waals surface area contributed by atoms with Crippen molar-refractivity contribution in [2.24, 2.45) is 0 Å². The molecular weight excluding hydrogens is 350 g/mol. The summed E-state index contributed by atoms with van der Waals surface area (Å²) in [5.74, 6) is -0.772. The summed E-state index contributed by atoms with van der Waals surface area (Å²) in [5, 5.41) is 2.79. The van der Waals surface area contributed by atoms with Crippen LogP contribution in [0.15, 0.2) is 53.4 Å². The summed E-state index contributed by atoms with van der Waals surface area (Å²) >= 11 is 0. The quantitative estimate of drug-likeness (QED) is 0.751. The molecule has 0 bridgehead atoms. The lowest BCUT2D eigenvalue weighted by molar-refractivity contribution is -0.119. The van der Waals surface area contributed by atoms with E-state index >= 15 is 0 Å². The molecule has 1 amide bonds. The Bertz CT molecular complexity index is 819. The molecule has 6 heteroatoms. The average molecular weight is 373 g/mol. The minimum Gasteiger partial charge on any atom is -0.452 e. The zero-order chi connectivity index (χ0) is 19.1. The van der Waals surface area contributed by atoms with E-state index in [1.54, 1.807) is 18.2 Å². The van der Waals surface area contributed by atoms with Crippen LogP contribution < -0.4 is 5.32 Å². The Morgan fingerprint density at radius 3 is 2.46 bits per heavy atom. The van der Waals surface area contributed by atoms with Crippen LogP contribution in [0, 0.1) is 0 Å². The molecule has 0 aromatic heterocycles. The topological polar surface area (TPSA) is 72.5 Å². The molecule has 138 valence electrons. The second kappa shape index (κ2) is 9.29. The van der Waals surface area contributed by atoms with E-state index in [-0.39, 0.29) is 5.56 Å². The summed E-state index contributed by atoms with van der Waals surface area (Å²) in [5.41, 5.74) is 1.97. The molecule has 0 unspecified atom stereocenters. The second-order valence-electron chi connectivity index (χ2n) is 5.97. The van der Waals surface area contributed by atoms with Crippen molar-refractivity contribution in [1.29, 1.82) is 0 Å². The highest BCUT2D eigenvalue weighted by Crippen LogP contribution is 2.26. The smallest absolute Gasteiger partial charge is 0.339 e. The summed E-state index contributed by atoms with van der Waals surface area (Å²) < 4.78 is 16.8. The first-order valence-corrected chi connectivity index (χ1v) is 9.98. The highest BCUT2D eigenvalue weighted by Gasteiger charge is 2.17. The van der Waals surface area contributed by atoms with E-state index in [0.717, 1.165) is 17.7 Å². The van der Waals surface area contributed by atoms with E-state index in [1.807, 2.05) is 24.3 Å². The molecule has 1 N–H and O–H groups in total. The van der Waals surface area contributed by atoms with Crippen LogP contribution in [0.5, 0.6) is 0 Å². The van der Waals surface area contributed by atoms with E-state index in [1.165, 1.54) is 12.3 Å². The molecule has 0 heterocycles. The van der Waals surface area contributed by atoms with Crippen molar-refractivity contribution in [3.05, 3.63) is 59.7 Å². The largest absolute Gasteiger partial charge is 0.452 e. The number of hydrogen-bond donors (Lipinski definition) is 1. The van der Waals surface area contributed by atoms with Crippen molar-refractivity contribution in [2.75, 3.05) is 18.2 Å². The summed E-state index contributed by atoms with van der Waals surface area (Å²) in [7, 11) is -1.32. The normalized spacial score (nSPS) is 12.9. The number of hydrogen-bond acceptors (Lipinski definition) is 4. The van der Waals surface area contributed by atoms with Crippen LogP contribution in [0.4, 0.5) is 5.69 Å². The number of carbonyl (C=O) groups is 2. The Hall–Kier alpha value is -2.47. The van der Waals surface area contributed by atoms with E-state index < -0.39 is 29.3 Å². The molecule has 0 spiro atoms. The maximum atomic E-state index is 12.2. The average Bonchev–Trinajstić information content (AvgIpc) is 2.65. The first kappa shape index (κ1) is 19.8. The molecule has 0 aliphatic heterocycles. The van der Waals surface area contributed by atoms with Gasteiger partial charge in [0.15, 0.2) is 6.61 Å². The fourth-order valence-corrected chi connectivity index (χ4v) is 3.27. The first-order chi connectivity index (χ1) is 12.4. The number of rotatable bonds is 7. The van der Waals surface area contributed by atoms with Crippen molar-refractivity contribution in [3.63, 3.8) is 0 Å². The molecule has 2 aromatic carbocycles. The van der Waals surface area contributed by atoms with Gasteiger partial charge in [0.1, 0.15) is 0 Å². The molecule has 0 saturated carbocycles. The number of esters is 1. The van der Waals surface area contributed by atoms with Crippen LogP contribution in [0.2, 0.25) is 0 Å². The Morgan fingerprint density at radius 1 is 1.12 bits per heavy atom. The van der Waals surface area contributed by atoms with Crippen LogP contribution >= 0.6 is 0 Å². The standard InChI is InChI=1S/C20H23NO4S/c1-4-14(2)15-9-5-7-11-17(15)21-19(22)13-25-20(23)16-10-6-8-12-18(16)26(3)24/h5-12,14H,4,13H2,1-3H3,(H,21,22)/t14-,26+/m1/s1. The predicted octanol–water partition coefficient (Wildman–Crippen LogP) is 3.73. The van der Waals surface area contributed by atoms with Crippen molar-refractivity contribution in [1.82, 2.24) is 0 Å². The lowest BCUT2D eigenvalue weighted by Gasteiger charge is -2.15. The second-order valence-corrected chi connectivity index (χ2v) is 7.32. The Morgan fingerprint density at radius 2 is 1.77 bits per heavy atom. The van der Waals surface area contributed by atoms with Crippen molar-refractivity contribution in [2.45, 2.75) is 31.1 Å². The number of amides is 1. The molecule has 2 rings (SSSR count). The first-order valence-electron chi connectivity index (χ1n) is 8.42. The fraction of sp³-hybridized carbons (Fsp3) is 0.300. The van der Waals surface area contributed by atoms with Crippen LogP contribution in [0.25, 0.3) is 0 Å². The van der Waals surface area contributed by atoms with Crippen LogP contribution in [0.1, 0.15) is 42.1 Å². The van der Waals surface area contributed by atoms with Crippen molar-refractivity contribution >= 4 is 28.4 Å². The van der Waals surface area contributed by atoms with Gasteiger partial charge in [-0.3, -0.25) is 9.00 Å². The zero-order valence-electron chi connectivity index (χ0n) is 15.2.